The lowest BCUT2D eigenvalue weighted by Gasteiger charge is -2.35. The van der Waals surface area contributed by atoms with Crippen LogP contribution in [0.25, 0.3) is 0 Å². The van der Waals surface area contributed by atoms with E-state index >= 15 is 0 Å². The Bertz CT molecular complexity index is 705. The third kappa shape index (κ3) is 4.05. The lowest BCUT2D eigenvalue weighted by molar-refractivity contribution is 0.260. The minimum absolute atomic E-state index is 0.561. The number of piperazine rings is 1. The van der Waals surface area contributed by atoms with E-state index in [1.165, 1.54) is 17.3 Å². The van der Waals surface area contributed by atoms with Gasteiger partial charge in [-0.25, -0.2) is 9.97 Å². The largest absolute Gasteiger partial charge is 0.353 e. The normalized spacial score (nSPS) is 15.2. The summed E-state index contributed by atoms with van der Waals surface area (Å²) >= 11 is 1.50. The van der Waals surface area contributed by atoms with Crippen molar-refractivity contribution in [1.29, 1.82) is 5.26 Å². The summed E-state index contributed by atoms with van der Waals surface area (Å²) in [6.07, 6.45) is 4.66. The van der Waals surface area contributed by atoms with Crippen LogP contribution in [0.2, 0.25) is 0 Å². The maximum Gasteiger partial charge on any atom is 0.189 e. The van der Waals surface area contributed by atoms with Crippen LogP contribution < -0.4 is 4.90 Å². The van der Waals surface area contributed by atoms with Gasteiger partial charge in [0, 0.05) is 32.7 Å². The molecule has 1 aliphatic heterocycles. The first-order valence-corrected chi connectivity index (χ1v) is 9.35. The van der Waals surface area contributed by atoms with Gasteiger partial charge in [0.25, 0.3) is 0 Å². The molecule has 0 spiro atoms. The number of thioether (sulfide) groups is 1. The third-order valence-electron chi connectivity index (χ3n) is 4.28. The van der Waals surface area contributed by atoms with Crippen LogP contribution in [-0.2, 0) is 6.42 Å². The second-order valence-corrected chi connectivity index (χ2v) is 6.54. The number of hydrogen-bond donors (Lipinski definition) is 0. The maximum atomic E-state index is 9.30. The number of aromatic nitrogens is 2. The molecule has 2 heterocycles. The van der Waals surface area contributed by atoms with Crippen molar-refractivity contribution in [1.82, 2.24) is 14.9 Å². The minimum atomic E-state index is 0.561. The van der Waals surface area contributed by atoms with Crippen molar-refractivity contribution in [2.45, 2.75) is 11.6 Å². The van der Waals surface area contributed by atoms with Crippen molar-refractivity contribution in [3.05, 3.63) is 47.7 Å². The topological polar surface area (TPSA) is 56.1 Å². The summed E-state index contributed by atoms with van der Waals surface area (Å²) in [6, 6.07) is 12.8. The first-order valence-electron chi connectivity index (χ1n) is 8.12. The van der Waals surface area contributed by atoms with Gasteiger partial charge in [0.1, 0.15) is 11.6 Å². The van der Waals surface area contributed by atoms with E-state index in [0.717, 1.165) is 50.1 Å². The zero-order valence-electron chi connectivity index (χ0n) is 13.9. The van der Waals surface area contributed by atoms with Gasteiger partial charge in [0.2, 0.25) is 0 Å². The summed E-state index contributed by atoms with van der Waals surface area (Å²) in [4.78, 5) is 13.4. The zero-order chi connectivity index (χ0) is 16.8. The average Bonchev–Trinajstić information content (AvgIpc) is 2.67. The number of nitrogens with zero attached hydrogens (tertiary/aromatic N) is 5. The van der Waals surface area contributed by atoms with Crippen LogP contribution >= 0.6 is 11.8 Å². The first kappa shape index (κ1) is 16.7. The van der Waals surface area contributed by atoms with E-state index in [-0.39, 0.29) is 0 Å². The molecule has 3 rings (SSSR count). The molecule has 6 heteroatoms. The molecule has 1 fully saturated rings. The van der Waals surface area contributed by atoms with Crippen LogP contribution in [-0.4, -0.2) is 53.8 Å². The molecule has 0 radical (unpaired) electrons. The van der Waals surface area contributed by atoms with Gasteiger partial charge in [0.05, 0.1) is 6.20 Å². The number of benzene rings is 1. The molecule has 2 aromatic rings. The van der Waals surface area contributed by atoms with Gasteiger partial charge in [-0.3, -0.25) is 4.90 Å². The van der Waals surface area contributed by atoms with E-state index in [1.807, 2.05) is 6.26 Å². The van der Waals surface area contributed by atoms with Crippen molar-refractivity contribution in [2.75, 3.05) is 43.9 Å². The summed E-state index contributed by atoms with van der Waals surface area (Å²) in [5.41, 5.74) is 1.94. The maximum absolute atomic E-state index is 9.30. The Morgan fingerprint density at radius 3 is 2.58 bits per heavy atom. The Morgan fingerprint density at radius 1 is 1.17 bits per heavy atom. The number of hydrogen-bond acceptors (Lipinski definition) is 6. The molecule has 0 amide bonds. The minimum Gasteiger partial charge on any atom is -0.353 e. The number of anilines is 1. The highest BCUT2D eigenvalue weighted by Gasteiger charge is 2.21. The first-order chi connectivity index (χ1) is 11.8. The van der Waals surface area contributed by atoms with Gasteiger partial charge >= 0.3 is 0 Å². The third-order valence-corrected chi connectivity index (χ3v) is 4.84. The highest BCUT2D eigenvalue weighted by molar-refractivity contribution is 7.98. The molecule has 124 valence electrons. The lowest BCUT2D eigenvalue weighted by atomic mass is 10.1. The summed E-state index contributed by atoms with van der Waals surface area (Å²) < 4.78 is 0. The molecular formula is C18H21N5S. The molecule has 1 aliphatic rings. The lowest BCUT2D eigenvalue weighted by Crippen LogP contribution is -2.47. The Balaban J connectivity index is 1.58. The van der Waals surface area contributed by atoms with E-state index in [4.69, 9.17) is 0 Å². The molecule has 0 saturated carbocycles. The fourth-order valence-electron chi connectivity index (χ4n) is 2.89. The molecule has 1 saturated heterocycles. The Labute approximate surface area is 147 Å². The van der Waals surface area contributed by atoms with Gasteiger partial charge in [-0.2, -0.15) is 5.26 Å². The predicted molar refractivity (Wildman–Crippen MR) is 97.3 cm³/mol. The second-order valence-electron chi connectivity index (χ2n) is 5.77. The molecule has 1 aromatic carbocycles. The number of rotatable bonds is 5. The quantitative estimate of drug-likeness (QED) is 0.616. The fraction of sp³-hybridized carbons (Fsp3) is 0.389. The fourth-order valence-corrected chi connectivity index (χ4v) is 3.23. The molecular weight excluding hydrogens is 318 g/mol. The van der Waals surface area contributed by atoms with Gasteiger partial charge in [-0.15, -0.1) is 0 Å². The Kier molecular flexibility index (Phi) is 5.68. The van der Waals surface area contributed by atoms with Crippen LogP contribution in [0.5, 0.6) is 0 Å². The Hall–Kier alpha value is -2.10. The van der Waals surface area contributed by atoms with Crippen molar-refractivity contribution >= 4 is 17.6 Å². The molecule has 0 bridgehead atoms. The Morgan fingerprint density at radius 2 is 1.92 bits per heavy atom. The summed E-state index contributed by atoms with van der Waals surface area (Å²) in [6.45, 7) is 4.86. The van der Waals surface area contributed by atoms with Gasteiger partial charge < -0.3 is 4.90 Å². The van der Waals surface area contributed by atoms with Gasteiger partial charge in [-0.1, -0.05) is 42.1 Å². The van der Waals surface area contributed by atoms with Crippen molar-refractivity contribution in [3.63, 3.8) is 0 Å². The van der Waals surface area contributed by atoms with Gasteiger partial charge in [0.15, 0.2) is 11.0 Å². The number of nitriles is 1. The molecule has 0 aliphatic carbocycles. The molecule has 24 heavy (non-hydrogen) atoms. The van der Waals surface area contributed by atoms with Crippen LogP contribution in [0.1, 0.15) is 11.1 Å². The van der Waals surface area contributed by atoms with Crippen LogP contribution in [0.3, 0.4) is 0 Å². The highest BCUT2D eigenvalue weighted by Crippen LogP contribution is 2.21. The highest BCUT2D eigenvalue weighted by atomic mass is 32.2. The van der Waals surface area contributed by atoms with E-state index in [0.29, 0.717) is 5.56 Å². The van der Waals surface area contributed by atoms with Gasteiger partial charge in [-0.05, 0) is 18.2 Å². The van der Waals surface area contributed by atoms with Crippen molar-refractivity contribution in [3.8, 4) is 6.07 Å². The SMILES string of the molecule is CSc1ncc(C#N)c(N2CCN(CCc3ccccc3)CC2)n1. The molecule has 0 N–H and O–H groups in total. The molecule has 0 atom stereocenters. The zero-order valence-corrected chi connectivity index (χ0v) is 14.7. The predicted octanol–water partition coefficient (Wildman–Crippen LogP) is 2.43. The van der Waals surface area contributed by atoms with Crippen LogP contribution in [0, 0.1) is 11.3 Å². The molecule has 5 nitrogen and oxygen atoms in total. The van der Waals surface area contributed by atoms with Crippen LogP contribution in [0.4, 0.5) is 5.82 Å². The van der Waals surface area contributed by atoms with Crippen molar-refractivity contribution < 1.29 is 0 Å². The summed E-state index contributed by atoms with van der Waals surface area (Å²) in [7, 11) is 0. The van der Waals surface area contributed by atoms with E-state index in [2.05, 4.69) is 56.2 Å². The van der Waals surface area contributed by atoms with Crippen molar-refractivity contribution in [2.24, 2.45) is 0 Å². The summed E-state index contributed by atoms with van der Waals surface area (Å²) in [5.74, 6) is 0.777. The molecule has 0 unspecified atom stereocenters. The standard InChI is InChI=1S/C18H21N5S/c1-24-18-20-14-16(13-19)17(21-18)23-11-9-22(10-12-23)8-7-15-5-3-2-4-6-15/h2-6,14H,7-12H2,1H3. The smallest absolute Gasteiger partial charge is 0.189 e. The average molecular weight is 339 g/mol. The second kappa shape index (κ2) is 8.13. The monoisotopic (exact) mass is 339 g/mol. The van der Waals surface area contributed by atoms with Crippen LogP contribution in [0.15, 0.2) is 41.7 Å². The van der Waals surface area contributed by atoms with E-state index < -0.39 is 0 Å². The molecule has 1 aromatic heterocycles. The van der Waals surface area contributed by atoms with E-state index in [9.17, 15) is 5.26 Å². The summed E-state index contributed by atoms with van der Waals surface area (Å²) in [5, 5.41) is 10.0. The van der Waals surface area contributed by atoms with E-state index in [1.54, 1.807) is 6.20 Å².